The van der Waals surface area contributed by atoms with Crippen molar-refractivity contribution in [1.29, 1.82) is 0 Å². The summed E-state index contributed by atoms with van der Waals surface area (Å²) in [6, 6.07) is 8.90. The Morgan fingerprint density at radius 3 is 2.96 bits per heavy atom. The number of carbonyl (C=O) groups excluding carboxylic acids is 1. The number of hydrogen-bond donors (Lipinski definition) is 2. The molecule has 0 bridgehead atoms. The van der Waals surface area contributed by atoms with Crippen LogP contribution < -0.4 is 10.1 Å². The number of likely N-dealkylation sites (tertiary alicyclic amines) is 1. The summed E-state index contributed by atoms with van der Waals surface area (Å²) in [5, 5.41) is 11.0. The molecule has 3 atom stereocenters. The molecule has 3 heterocycles. The lowest BCUT2D eigenvalue weighted by Gasteiger charge is -2.33. The van der Waals surface area contributed by atoms with Gasteiger partial charge in [0.1, 0.15) is 5.75 Å². The van der Waals surface area contributed by atoms with E-state index in [9.17, 15) is 4.79 Å². The molecule has 0 unspecified atom stereocenters. The number of rotatable bonds is 5. The number of nitrogens with one attached hydrogen (secondary N) is 2. The number of aryl methyl sites for hydroxylation is 2. The summed E-state index contributed by atoms with van der Waals surface area (Å²) in [5.74, 6) is 1.44. The number of aromatic amines is 1. The van der Waals surface area contributed by atoms with Crippen molar-refractivity contribution < 1.29 is 9.53 Å². The highest BCUT2D eigenvalue weighted by Crippen LogP contribution is 2.37. The molecule has 28 heavy (non-hydrogen) atoms. The van der Waals surface area contributed by atoms with Crippen molar-refractivity contribution in [3.05, 3.63) is 46.8 Å². The van der Waals surface area contributed by atoms with Gasteiger partial charge in [0.2, 0.25) is 5.91 Å². The van der Waals surface area contributed by atoms with Crippen LogP contribution in [0, 0.1) is 13.8 Å². The largest absolute Gasteiger partial charge is 0.497 e. The molecule has 6 heteroatoms. The van der Waals surface area contributed by atoms with Crippen molar-refractivity contribution in [2.45, 2.75) is 57.5 Å². The standard InChI is InChI=1S/C22H30N4O2/c1-14-18(15(2)25-24-14)9-10-21(27)26-13-19(22-20(26)8-5-11-23-22)16-6-4-7-17(12-16)28-3/h4,6-7,12,19-20,22-23H,5,8-11,13H2,1-3H3,(H,24,25)/t19-,20-,22-/m1/s1. The molecule has 150 valence electrons. The molecule has 1 amide bonds. The molecule has 2 aromatic rings. The number of amides is 1. The number of aromatic nitrogens is 2. The van der Waals surface area contributed by atoms with Crippen molar-refractivity contribution in [1.82, 2.24) is 20.4 Å². The van der Waals surface area contributed by atoms with Gasteiger partial charge in [0.25, 0.3) is 0 Å². The van der Waals surface area contributed by atoms with Crippen LogP contribution in [0.4, 0.5) is 0 Å². The van der Waals surface area contributed by atoms with Crippen molar-refractivity contribution in [3.8, 4) is 5.75 Å². The predicted octanol–water partition coefficient (Wildman–Crippen LogP) is 2.71. The molecule has 6 nitrogen and oxygen atoms in total. The molecule has 0 saturated carbocycles. The van der Waals surface area contributed by atoms with Crippen LogP contribution in [0.5, 0.6) is 5.75 Å². The Balaban J connectivity index is 1.51. The fraction of sp³-hybridized carbons (Fsp3) is 0.545. The summed E-state index contributed by atoms with van der Waals surface area (Å²) < 4.78 is 5.42. The number of carbonyl (C=O) groups is 1. The quantitative estimate of drug-likeness (QED) is 0.834. The van der Waals surface area contributed by atoms with Crippen molar-refractivity contribution in [2.24, 2.45) is 0 Å². The van der Waals surface area contributed by atoms with Crippen LogP contribution in [-0.2, 0) is 11.2 Å². The minimum atomic E-state index is 0.254. The highest BCUT2D eigenvalue weighted by Gasteiger charge is 2.45. The lowest BCUT2D eigenvalue weighted by Crippen LogP contribution is -2.49. The van der Waals surface area contributed by atoms with Gasteiger partial charge < -0.3 is 15.0 Å². The monoisotopic (exact) mass is 382 g/mol. The summed E-state index contributed by atoms with van der Waals surface area (Å²) in [4.78, 5) is 15.3. The van der Waals surface area contributed by atoms with Gasteiger partial charge in [-0.05, 0) is 62.9 Å². The van der Waals surface area contributed by atoms with Gasteiger partial charge in [-0.25, -0.2) is 0 Å². The molecule has 2 saturated heterocycles. The molecule has 2 aliphatic rings. The van der Waals surface area contributed by atoms with Crippen LogP contribution in [0.2, 0.25) is 0 Å². The molecule has 0 spiro atoms. The highest BCUT2D eigenvalue weighted by atomic mass is 16.5. The summed E-state index contributed by atoms with van der Waals surface area (Å²) >= 11 is 0. The van der Waals surface area contributed by atoms with E-state index in [1.807, 2.05) is 26.0 Å². The van der Waals surface area contributed by atoms with Crippen molar-refractivity contribution >= 4 is 5.91 Å². The Morgan fingerprint density at radius 1 is 1.36 bits per heavy atom. The summed E-state index contributed by atoms with van der Waals surface area (Å²) in [6.45, 7) is 5.82. The van der Waals surface area contributed by atoms with Gasteiger partial charge >= 0.3 is 0 Å². The van der Waals surface area contributed by atoms with Gasteiger partial charge in [0.05, 0.1) is 12.8 Å². The Kier molecular flexibility index (Phi) is 5.40. The normalized spacial score (nSPS) is 24.2. The second kappa shape index (κ2) is 7.95. The van der Waals surface area contributed by atoms with Crippen LogP contribution in [0.15, 0.2) is 24.3 Å². The molecular weight excluding hydrogens is 352 g/mol. The van der Waals surface area contributed by atoms with Crippen LogP contribution in [0.1, 0.15) is 47.7 Å². The van der Waals surface area contributed by atoms with Gasteiger partial charge in [-0.3, -0.25) is 9.89 Å². The third-order valence-corrected chi connectivity index (χ3v) is 6.41. The second-order valence-electron chi connectivity index (χ2n) is 8.03. The smallest absolute Gasteiger partial charge is 0.223 e. The zero-order valence-corrected chi connectivity index (χ0v) is 17.0. The van der Waals surface area contributed by atoms with Crippen LogP contribution >= 0.6 is 0 Å². The average molecular weight is 383 g/mol. The predicted molar refractivity (Wildman–Crippen MR) is 109 cm³/mol. The lowest BCUT2D eigenvalue weighted by molar-refractivity contribution is -0.132. The highest BCUT2D eigenvalue weighted by molar-refractivity contribution is 5.77. The molecule has 2 aliphatic heterocycles. The first kappa shape index (κ1) is 19.0. The Labute approximate surface area is 166 Å². The van der Waals surface area contributed by atoms with E-state index in [-0.39, 0.29) is 11.9 Å². The van der Waals surface area contributed by atoms with Crippen molar-refractivity contribution in [2.75, 3.05) is 20.2 Å². The third-order valence-electron chi connectivity index (χ3n) is 6.41. The van der Waals surface area contributed by atoms with E-state index in [0.29, 0.717) is 18.4 Å². The van der Waals surface area contributed by atoms with E-state index in [2.05, 4.69) is 32.5 Å². The minimum absolute atomic E-state index is 0.254. The zero-order valence-electron chi connectivity index (χ0n) is 17.0. The maximum Gasteiger partial charge on any atom is 0.223 e. The first-order valence-corrected chi connectivity index (χ1v) is 10.3. The Morgan fingerprint density at radius 2 is 2.21 bits per heavy atom. The van der Waals surface area contributed by atoms with Gasteiger partial charge in [-0.2, -0.15) is 5.10 Å². The number of hydrogen-bond acceptors (Lipinski definition) is 4. The maximum atomic E-state index is 13.2. The number of ether oxygens (including phenoxy) is 1. The van der Waals surface area contributed by atoms with Gasteiger partial charge in [0.15, 0.2) is 0 Å². The molecule has 0 radical (unpaired) electrons. The molecular formula is C22H30N4O2. The van der Waals surface area contributed by atoms with Gasteiger partial charge in [-0.15, -0.1) is 0 Å². The zero-order chi connectivity index (χ0) is 19.7. The molecule has 1 aromatic carbocycles. The minimum Gasteiger partial charge on any atom is -0.497 e. The van der Waals surface area contributed by atoms with E-state index in [1.165, 1.54) is 11.1 Å². The van der Waals surface area contributed by atoms with Crippen LogP contribution in [0.25, 0.3) is 0 Å². The topological polar surface area (TPSA) is 70.2 Å². The first-order valence-electron chi connectivity index (χ1n) is 10.3. The Hall–Kier alpha value is -2.34. The van der Waals surface area contributed by atoms with Gasteiger partial charge in [-0.1, -0.05) is 12.1 Å². The third kappa shape index (κ3) is 3.53. The first-order chi connectivity index (χ1) is 13.6. The van der Waals surface area contributed by atoms with Crippen LogP contribution in [-0.4, -0.2) is 53.3 Å². The Bertz CT molecular complexity index is 827. The van der Waals surface area contributed by atoms with Crippen molar-refractivity contribution in [3.63, 3.8) is 0 Å². The molecule has 0 aliphatic carbocycles. The SMILES string of the molecule is COc1cccc([C@H]2CN(C(=O)CCc3c(C)n[nH]c3C)[C@@H]3CCCN[C@H]23)c1. The lowest BCUT2D eigenvalue weighted by atomic mass is 9.87. The second-order valence-corrected chi connectivity index (χ2v) is 8.03. The number of piperidine rings is 1. The van der Waals surface area contributed by atoms with E-state index >= 15 is 0 Å². The van der Waals surface area contributed by atoms with E-state index in [0.717, 1.165) is 49.5 Å². The van der Waals surface area contributed by atoms with E-state index < -0.39 is 0 Å². The van der Waals surface area contributed by atoms with E-state index in [1.54, 1.807) is 7.11 Å². The average Bonchev–Trinajstić information content (AvgIpc) is 3.26. The number of H-pyrrole nitrogens is 1. The molecule has 1 aromatic heterocycles. The summed E-state index contributed by atoms with van der Waals surface area (Å²) in [7, 11) is 1.70. The van der Waals surface area contributed by atoms with E-state index in [4.69, 9.17) is 4.74 Å². The molecule has 2 N–H and O–H groups in total. The summed E-state index contributed by atoms with van der Waals surface area (Å²) in [5.41, 5.74) is 4.49. The summed E-state index contributed by atoms with van der Waals surface area (Å²) in [6.07, 6.45) is 3.48. The fourth-order valence-corrected chi connectivity index (χ4v) is 4.91. The van der Waals surface area contributed by atoms with Gasteiger partial charge in [0, 0.05) is 36.7 Å². The van der Waals surface area contributed by atoms with Crippen LogP contribution in [0.3, 0.4) is 0 Å². The molecule has 4 rings (SSSR count). The maximum absolute atomic E-state index is 13.2. The molecule has 2 fully saturated rings. The fourth-order valence-electron chi connectivity index (χ4n) is 4.91. The number of methoxy groups -OCH3 is 1. The number of fused-ring (bicyclic) bond motifs is 1. The number of nitrogens with zero attached hydrogens (tertiary/aromatic N) is 2. The number of benzene rings is 1.